The van der Waals surface area contributed by atoms with Crippen molar-refractivity contribution in [1.82, 2.24) is 0 Å². The zero-order valence-corrected chi connectivity index (χ0v) is 15.7. The molecule has 1 aromatic carbocycles. The molecule has 0 radical (unpaired) electrons. The van der Waals surface area contributed by atoms with Gasteiger partial charge >= 0.3 is 0 Å². The van der Waals surface area contributed by atoms with Gasteiger partial charge in [-0.3, -0.25) is 4.48 Å². The Morgan fingerprint density at radius 3 is 2.14 bits per heavy atom. The quantitative estimate of drug-likeness (QED) is 0.480. The lowest BCUT2D eigenvalue weighted by molar-refractivity contribution is -0.845. The molecule has 0 aliphatic rings. The van der Waals surface area contributed by atoms with E-state index in [1.807, 2.05) is 6.92 Å². The first kappa shape index (κ1) is 18.5. The Kier molecular flexibility index (Phi) is 5.87. The molecule has 0 bridgehead atoms. The first-order valence-electron chi connectivity index (χ1n) is 7.50. The van der Waals surface area contributed by atoms with Gasteiger partial charge in [0.05, 0.1) is 13.1 Å². The van der Waals surface area contributed by atoms with Crippen molar-refractivity contribution in [1.29, 1.82) is 0 Å². The number of rotatable bonds is 4. The molecule has 0 aliphatic heterocycles. The number of phenolic OH excluding ortho intramolecular Hbond substituents is 1. The van der Waals surface area contributed by atoms with Crippen LogP contribution in [0.1, 0.15) is 51.3 Å². The molecule has 1 rings (SSSR count). The number of phenols is 1. The molecule has 4 heteroatoms. The number of hydrogen-bond donors (Lipinski definition) is 2. The Labute approximate surface area is 140 Å². The second-order valence-corrected chi connectivity index (χ2v) is 7.89. The van der Waals surface area contributed by atoms with Crippen LogP contribution >= 0.6 is 24.8 Å². The molecule has 0 saturated carbocycles. The highest BCUT2D eigenvalue weighted by molar-refractivity contribution is 8.10. The molecule has 2 nitrogen and oxygen atoms in total. The Morgan fingerprint density at radius 1 is 1.24 bits per heavy atom. The number of aryl methyl sites for hydroxylation is 1. The fourth-order valence-corrected chi connectivity index (χ4v) is 3.33. The van der Waals surface area contributed by atoms with Gasteiger partial charge in [-0.25, -0.2) is 0 Å². The van der Waals surface area contributed by atoms with Gasteiger partial charge in [0.25, 0.3) is 0 Å². The van der Waals surface area contributed by atoms with Gasteiger partial charge in [0, 0.05) is 5.56 Å². The van der Waals surface area contributed by atoms with Crippen LogP contribution in [0.4, 0.5) is 0 Å². The second kappa shape index (κ2) is 6.67. The summed E-state index contributed by atoms with van der Waals surface area (Å²) in [5.41, 5.74) is 3.04. The van der Waals surface area contributed by atoms with Gasteiger partial charge in [-0.05, 0) is 61.7 Å². The normalized spacial score (nSPS) is 12.5. The van der Waals surface area contributed by atoms with E-state index in [0.29, 0.717) is 10.2 Å². The molecule has 0 aliphatic carbocycles. The molecular formula is C17H28NOS2+. The number of hydrogen-bond acceptors (Lipinski definition) is 2. The minimum Gasteiger partial charge on any atom is -0.507 e. The standard InChI is InChI=1S/C17H27NOS2/c1-7-18(8-2,16(20)21)11-13-9-12(3)15(19)14(10-13)17(4,5)6/h9-10H,7-8,11H2,1-6H3,(H-,19,20,21)/p+1. The van der Waals surface area contributed by atoms with E-state index < -0.39 is 0 Å². The number of nitrogens with zero attached hydrogens (tertiary/aromatic N) is 1. The van der Waals surface area contributed by atoms with Gasteiger partial charge in [0.2, 0.25) is 4.32 Å². The molecule has 0 spiro atoms. The zero-order valence-electron chi connectivity index (χ0n) is 14.0. The van der Waals surface area contributed by atoms with E-state index in [0.717, 1.165) is 35.1 Å². The van der Waals surface area contributed by atoms with E-state index in [1.54, 1.807) is 0 Å². The third kappa shape index (κ3) is 3.99. The van der Waals surface area contributed by atoms with Crippen molar-refractivity contribution in [3.8, 4) is 5.75 Å². The van der Waals surface area contributed by atoms with Crippen LogP contribution in [0.2, 0.25) is 0 Å². The minimum absolute atomic E-state index is 0.0829. The van der Waals surface area contributed by atoms with E-state index in [1.165, 1.54) is 5.56 Å². The average molecular weight is 327 g/mol. The first-order chi connectivity index (χ1) is 9.57. The second-order valence-electron chi connectivity index (χ2n) is 6.78. The summed E-state index contributed by atoms with van der Waals surface area (Å²) < 4.78 is 1.41. The van der Waals surface area contributed by atoms with Gasteiger partial charge in [-0.15, -0.1) is 0 Å². The summed E-state index contributed by atoms with van der Waals surface area (Å²) in [6.45, 7) is 15.3. The van der Waals surface area contributed by atoms with Gasteiger partial charge in [-0.2, -0.15) is 0 Å². The first-order valence-corrected chi connectivity index (χ1v) is 8.35. The van der Waals surface area contributed by atoms with Crippen LogP contribution in [0.5, 0.6) is 5.75 Å². The maximum absolute atomic E-state index is 10.3. The van der Waals surface area contributed by atoms with Crippen molar-refractivity contribution in [3.63, 3.8) is 0 Å². The Balaban J connectivity index is 3.33. The molecule has 0 fully saturated rings. The Morgan fingerprint density at radius 2 is 1.76 bits per heavy atom. The van der Waals surface area contributed by atoms with Crippen molar-refractivity contribution < 1.29 is 9.59 Å². The molecule has 118 valence electrons. The van der Waals surface area contributed by atoms with Crippen LogP contribution in [0.15, 0.2) is 12.1 Å². The lowest BCUT2D eigenvalue weighted by Gasteiger charge is -2.35. The lowest BCUT2D eigenvalue weighted by atomic mass is 9.84. The lowest BCUT2D eigenvalue weighted by Crippen LogP contribution is -2.48. The Bertz CT molecular complexity index is 528. The molecule has 0 saturated heterocycles. The summed E-state index contributed by atoms with van der Waals surface area (Å²) in [5.74, 6) is 0.408. The van der Waals surface area contributed by atoms with Crippen LogP contribution in [-0.2, 0) is 12.0 Å². The molecule has 0 unspecified atom stereocenters. The summed E-state index contributed by atoms with van der Waals surface area (Å²) in [6.07, 6.45) is 0. The molecule has 1 N–H and O–H groups in total. The topological polar surface area (TPSA) is 20.2 Å². The predicted octanol–water partition coefficient (Wildman–Crippen LogP) is 4.57. The third-order valence-electron chi connectivity index (χ3n) is 4.27. The highest BCUT2D eigenvalue weighted by Gasteiger charge is 2.29. The Hall–Kier alpha value is -0.580. The third-order valence-corrected chi connectivity index (χ3v) is 5.08. The average Bonchev–Trinajstić information content (AvgIpc) is 2.38. The molecule has 0 amide bonds. The summed E-state index contributed by atoms with van der Waals surface area (Å²) >= 11 is 9.83. The molecule has 1 aromatic rings. The number of quaternary nitrogens is 1. The van der Waals surface area contributed by atoms with Crippen molar-refractivity contribution in [2.75, 3.05) is 13.1 Å². The van der Waals surface area contributed by atoms with E-state index >= 15 is 0 Å². The number of thiol groups is 1. The summed E-state index contributed by atoms with van der Waals surface area (Å²) in [5, 5.41) is 10.3. The van der Waals surface area contributed by atoms with Crippen LogP contribution in [0.3, 0.4) is 0 Å². The van der Waals surface area contributed by atoms with Crippen LogP contribution in [0.25, 0.3) is 0 Å². The zero-order chi connectivity index (χ0) is 16.4. The summed E-state index contributed by atoms with van der Waals surface area (Å²) in [6, 6.07) is 4.18. The summed E-state index contributed by atoms with van der Waals surface area (Å²) in [4.78, 5) is 0. The van der Waals surface area contributed by atoms with E-state index in [-0.39, 0.29) is 5.41 Å². The fourth-order valence-electron chi connectivity index (χ4n) is 2.65. The van der Waals surface area contributed by atoms with Gasteiger partial charge < -0.3 is 5.11 Å². The van der Waals surface area contributed by atoms with E-state index in [2.05, 4.69) is 59.4 Å². The smallest absolute Gasteiger partial charge is 0.230 e. The van der Waals surface area contributed by atoms with Gasteiger partial charge in [0.1, 0.15) is 12.3 Å². The molecule has 0 aromatic heterocycles. The van der Waals surface area contributed by atoms with Gasteiger partial charge in [-0.1, -0.05) is 33.4 Å². The molecule has 21 heavy (non-hydrogen) atoms. The summed E-state index contributed by atoms with van der Waals surface area (Å²) in [7, 11) is 0. The minimum atomic E-state index is -0.0829. The maximum atomic E-state index is 10.3. The van der Waals surface area contributed by atoms with Crippen molar-refractivity contribution >= 4 is 29.2 Å². The van der Waals surface area contributed by atoms with Crippen LogP contribution in [0, 0.1) is 6.92 Å². The van der Waals surface area contributed by atoms with Crippen LogP contribution < -0.4 is 0 Å². The predicted molar refractivity (Wildman–Crippen MR) is 98.2 cm³/mol. The monoisotopic (exact) mass is 326 g/mol. The van der Waals surface area contributed by atoms with Crippen molar-refractivity contribution in [2.24, 2.45) is 0 Å². The molecular weight excluding hydrogens is 298 g/mol. The molecule has 0 atom stereocenters. The van der Waals surface area contributed by atoms with E-state index in [9.17, 15) is 5.11 Å². The number of aromatic hydroxyl groups is 1. The van der Waals surface area contributed by atoms with Crippen molar-refractivity contribution in [3.05, 3.63) is 28.8 Å². The highest BCUT2D eigenvalue weighted by atomic mass is 32.1. The van der Waals surface area contributed by atoms with E-state index in [4.69, 9.17) is 12.2 Å². The number of benzene rings is 1. The number of thiocarbonyl (C=S) groups is 1. The van der Waals surface area contributed by atoms with Crippen LogP contribution in [-0.4, -0.2) is 27.0 Å². The molecule has 0 heterocycles. The maximum Gasteiger partial charge on any atom is 0.230 e. The van der Waals surface area contributed by atoms with Gasteiger partial charge in [0.15, 0.2) is 0 Å². The SMILES string of the molecule is CC[N+](CC)(Cc1cc(C)c(O)c(C(C)(C)C)c1)C(=S)S. The fraction of sp³-hybridized carbons (Fsp3) is 0.588. The largest absolute Gasteiger partial charge is 0.507 e. The highest BCUT2D eigenvalue weighted by Crippen LogP contribution is 2.35. The van der Waals surface area contributed by atoms with Crippen molar-refractivity contribution in [2.45, 2.75) is 53.5 Å².